The molecule has 0 bridgehead atoms. The normalized spacial score (nSPS) is 12.8. The van der Waals surface area contributed by atoms with Gasteiger partial charge in [0.1, 0.15) is 13.2 Å². The van der Waals surface area contributed by atoms with Crippen LogP contribution in [0.2, 0.25) is 0 Å². The van der Waals surface area contributed by atoms with E-state index in [2.05, 4.69) is 13.0 Å². The van der Waals surface area contributed by atoms with Gasteiger partial charge in [0.15, 0.2) is 11.5 Å². The van der Waals surface area contributed by atoms with Gasteiger partial charge in [-0.15, -0.1) is 11.8 Å². The zero-order valence-electron chi connectivity index (χ0n) is 14.0. The van der Waals surface area contributed by atoms with E-state index in [0.29, 0.717) is 25.5 Å². The van der Waals surface area contributed by atoms with E-state index in [1.54, 1.807) is 16.7 Å². The lowest BCUT2D eigenvalue weighted by molar-refractivity contribution is -0.127. The Morgan fingerprint density at radius 1 is 1.12 bits per heavy atom. The largest absolute Gasteiger partial charge is 0.486 e. The molecule has 0 fully saturated rings. The zero-order valence-corrected chi connectivity index (χ0v) is 14.8. The van der Waals surface area contributed by atoms with Crippen molar-refractivity contribution in [3.63, 3.8) is 0 Å². The minimum atomic E-state index is 0.109. The van der Waals surface area contributed by atoms with Crippen LogP contribution in [-0.2, 0) is 11.3 Å². The van der Waals surface area contributed by atoms with Crippen LogP contribution in [0, 0.1) is 6.92 Å². The van der Waals surface area contributed by atoms with E-state index in [0.717, 1.165) is 22.0 Å². The first-order chi connectivity index (χ1) is 11.6. The van der Waals surface area contributed by atoms with Crippen molar-refractivity contribution in [2.24, 2.45) is 0 Å². The van der Waals surface area contributed by atoms with E-state index in [1.807, 2.05) is 43.4 Å². The third-order valence-corrected chi connectivity index (χ3v) is 5.06. The van der Waals surface area contributed by atoms with Gasteiger partial charge >= 0.3 is 0 Å². The Labute approximate surface area is 146 Å². The maximum Gasteiger partial charge on any atom is 0.232 e. The topological polar surface area (TPSA) is 38.8 Å². The van der Waals surface area contributed by atoms with Gasteiger partial charge < -0.3 is 14.4 Å². The lowest BCUT2D eigenvalue weighted by Gasteiger charge is -2.21. The number of hydrogen-bond acceptors (Lipinski definition) is 4. The summed E-state index contributed by atoms with van der Waals surface area (Å²) in [5.41, 5.74) is 2.24. The predicted octanol–water partition coefficient (Wildman–Crippen LogP) is 3.52. The van der Waals surface area contributed by atoms with E-state index in [-0.39, 0.29) is 5.91 Å². The molecule has 5 heteroatoms. The van der Waals surface area contributed by atoms with Crippen molar-refractivity contribution < 1.29 is 14.3 Å². The predicted molar refractivity (Wildman–Crippen MR) is 95.8 cm³/mol. The van der Waals surface area contributed by atoms with Crippen molar-refractivity contribution in [3.05, 3.63) is 53.6 Å². The molecule has 1 heterocycles. The molecule has 0 N–H and O–H groups in total. The fourth-order valence-corrected chi connectivity index (χ4v) is 3.49. The summed E-state index contributed by atoms with van der Waals surface area (Å²) >= 11 is 1.58. The van der Waals surface area contributed by atoms with Crippen LogP contribution in [-0.4, -0.2) is 36.8 Å². The first kappa shape index (κ1) is 16.7. The molecule has 0 aromatic heterocycles. The molecule has 0 radical (unpaired) electrons. The highest BCUT2D eigenvalue weighted by atomic mass is 32.2. The van der Waals surface area contributed by atoms with Crippen LogP contribution in [0.4, 0.5) is 0 Å². The molecule has 2 aromatic rings. The van der Waals surface area contributed by atoms with Crippen molar-refractivity contribution in [1.82, 2.24) is 4.90 Å². The molecule has 2 aromatic carbocycles. The summed E-state index contributed by atoms with van der Waals surface area (Å²) in [6, 6.07) is 14.0. The second kappa shape index (κ2) is 7.62. The molecule has 0 saturated carbocycles. The highest BCUT2D eigenvalue weighted by Gasteiger charge is 2.14. The number of carbonyl (C=O) groups is 1. The second-order valence-corrected chi connectivity index (χ2v) is 6.80. The van der Waals surface area contributed by atoms with Gasteiger partial charge in [0, 0.05) is 18.5 Å². The summed E-state index contributed by atoms with van der Waals surface area (Å²) in [5, 5.41) is 0. The van der Waals surface area contributed by atoms with Crippen molar-refractivity contribution >= 4 is 17.7 Å². The third-order valence-electron chi connectivity index (χ3n) is 3.90. The van der Waals surface area contributed by atoms with Gasteiger partial charge in [0.05, 0.1) is 5.75 Å². The minimum absolute atomic E-state index is 0.109. The molecule has 1 amide bonds. The highest BCUT2D eigenvalue weighted by molar-refractivity contribution is 8.00. The van der Waals surface area contributed by atoms with E-state index < -0.39 is 0 Å². The average molecular weight is 343 g/mol. The Hall–Kier alpha value is -2.14. The van der Waals surface area contributed by atoms with Crippen LogP contribution in [0.5, 0.6) is 11.5 Å². The standard InChI is InChI=1S/C19H21NO3S/c1-14-5-3-4-6-18(14)24-13-19(21)20(2)12-15-7-8-16-17(11-15)23-10-9-22-16/h3-8,11H,9-10,12-13H2,1-2H3. The number of rotatable bonds is 5. The Morgan fingerprint density at radius 3 is 2.67 bits per heavy atom. The van der Waals surface area contributed by atoms with Crippen LogP contribution in [0.3, 0.4) is 0 Å². The summed E-state index contributed by atoms with van der Waals surface area (Å²) in [7, 11) is 1.83. The third kappa shape index (κ3) is 4.03. The number of hydrogen-bond donors (Lipinski definition) is 0. The summed E-state index contributed by atoms with van der Waals surface area (Å²) in [5.74, 6) is 2.08. The number of carbonyl (C=O) groups excluding carboxylic acids is 1. The number of fused-ring (bicyclic) bond motifs is 1. The lowest BCUT2D eigenvalue weighted by Crippen LogP contribution is -2.28. The molecular formula is C19H21NO3S. The van der Waals surface area contributed by atoms with E-state index in [9.17, 15) is 4.79 Å². The fraction of sp³-hybridized carbons (Fsp3) is 0.316. The van der Waals surface area contributed by atoms with E-state index in [1.165, 1.54) is 5.56 Å². The zero-order chi connectivity index (χ0) is 16.9. The first-order valence-electron chi connectivity index (χ1n) is 7.94. The molecular weight excluding hydrogens is 322 g/mol. The number of thioether (sulfide) groups is 1. The van der Waals surface area contributed by atoms with Crippen LogP contribution in [0.15, 0.2) is 47.4 Å². The quantitative estimate of drug-likeness (QED) is 0.779. The van der Waals surface area contributed by atoms with Gasteiger partial charge in [-0.1, -0.05) is 24.3 Å². The Balaban J connectivity index is 1.57. The molecule has 3 rings (SSSR count). The van der Waals surface area contributed by atoms with Gasteiger partial charge in [0.2, 0.25) is 5.91 Å². The van der Waals surface area contributed by atoms with Gasteiger partial charge in [-0.25, -0.2) is 0 Å². The monoisotopic (exact) mass is 343 g/mol. The maximum atomic E-state index is 12.4. The smallest absolute Gasteiger partial charge is 0.232 e. The molecule has 0 spiro atoms. The molecule has 24 heavy (non-hydrogen) atoms. The first-order valence-corrected chi connectivity index (χ1v) is 8.93. The number of benzene rings is 2. The Morgan fingerprint density at radius 2 is 1.88 bits per heavy atom. The number of nitrogens with zero attached hydrogens (tertiary/aromatic N) is 1. The van der Waals surface area contributed by atoms with Crippen LogP contribution >= 0.6 is 11.8 Å². The van der Waals surface area contributed by atoms with Crippen molar-refractivity contribution in [1.29, 1.82) is 0 Å². The van der Waals surface area contributed by atoms with Crippen LogP contribution < -0.4 is 9.47 Å². The summed E-state index contributed by atoms with van der Waals surface area (Å²) in [4.78, 5) is 15.3. The fourth-order valence-electron chi connectivity index (χ4n) is 2.52. The summed E-state index contributed by atoms with van der Waals surface area (Å²) in [6.07, 6.45) is 0. The molecule has 4 nitrogen and oxygen atoms in total. The summed E-state index contributed by atoms with van der Waals surface area (Å²) in [6.45, 7) is 3.77. The highest BCUT2D eigenvalue weighted by Crippen LogP contribution is 2.31. The molecule has 0 saturated heterocycles. The summed E-state index contributed by atoms with van der Waals surface area (Å²) < 4.78 is 11.1. The van der Waals surface area contributed by atoms with Gasteiger partial charge in [-0.3, -0.25) is 4.79 Å². The number of ether oxygens (including phenoxy) is 2. The molecule has 126 valence electrons. The molecule has 1 aliphatic heterocycles. The minimum Gasteiger partial charge on any atom is -0.486 e. The van der Waals surface area contributed by atoms with Crippen molar-refractivity contribution in [2.75, 3.05) is 26.0 Å². The van der Waals surface area contributed by atoms with E-state index in [4.69, 9.17) is 9.47 Å². The Bertz CT molecular complexity index is 732. The second-order valence-electron chi connectivity index (χ2n) is 5.78. The van der Waals surface area contributed by atoms with Crippen LogP contribution in [0.1, 0.15) is 11.1 Å². The average Bonchev–Trinajstić information content (AvgIpc) is 2.60. The number of aryl methyl sites for hydroxylation is 1. The van der Waals surface area contributed by atoms with Crippen LogP contribution in [0.25, 0.3) is 0 Å². The molecule has 0 unspecified atom stereocenters. The van der Waals surface area contributed by atoms with Gasteiger partial charge in [0.25, 0.3) is 0 Å². The van der Waals surface area contributed by atoms with Gasteiger partial charge in [-0.2, -0.15) is 0 Å². The molecule has 0 atom stereocenters. The maximum absolute atomic E-state index is 12.4. The number of amides is 1. The van der Waals surface area contributed by atoms with E-state index >= 15 is 0 Å². The van der Waals surface area contributed by atoms with Gasteiger partial charge in [-0.05, 0) is 36.2 Å². The lowest BCUT2D eigenvalue weighted by atomic mass is 10.2. The van der Waals surface area contributed by atoms with Crippen molar-refractivity contribution in [2.45, 2.75) is 18.4 Å². The molecule has 0 aliphatic carbocycles. The SMILES string of the molecule is Cc1ccccc1SCC(=O)N(C)Cc1ccc2c(c1)OCCO2. The molecule has 1 aliphatic rings. The van der Waals surface area contributed by atoms with Crippen molar-refractivity contribution in [3.8, 4) is 11.5 Å². The Kier molecular flexibility index (Phi) is 5.30.